The van der Waals surface area contributed by atoms with Gasteiger partial charge >= 0.3 is 0 Å². The minimum absolute atomic E-state index is 0.348. The van der Waals surface area contributed by atoms with E-state index < -0.39 is 0 Å². The van der Waals surface area contributed by atoms with Crippen LogP contribution in [0.1, 0.15) is 44.6 Å². The zero-order valence-corrected chi connectivity index (χ0v) is 14.4. The van der Waals surface area contributed by atoms with Gasteiger partial charge in [-0.2, -0.15) is 0 Å². The third-order valence-corrected chi connectivity index (χ3v) is 4.44. The highest BCUT2D eigenvalue weighted by Gasteiger charge is 2.19. The van der Waals surface area contributed by atoms with Crippen LogP contribution in [0.3, 0.4) is 0 Å². The molecular formula is C20H30N2O. The Hall–Kier alpha value is -1.61. The van der Waals surface area contributed by atoms with E-state index in [9.17, 15) is 4.79 Å². The van der Waals surface area contributed by atoms with E-state index in [1.165, 1.54) is 24.8 Å². The van der Waals surface area contributed by atoms with Gasteiger partial charge in [0.15, 0.2) is 0 Å². The maximum atomic E-state index is 12.2. The fraction of sp³-hybridized carbons (Fsp3) is 0.550. The van der Waals surface area contributed by atoms with Crippen molar-refractivity contribution in [3.05, 3.63) is 42.0 Å². The van der Waals surface area contributed by atoms with E-state index in [1.807, 2.05) is 11.0 Å². The van der Waals surface area contributed by atoms with Crippen LogP contribution in [0, 0.1) is 0 Å². The van der Waals surface area contributed by atoms with E-state index in [1.54, 1.807) is 0 Å². The molecule has 0 aromatic heterocycles. The van der Waals surface area contributed by atoms with Crippen molar-refractivity contribution >= 4 is 12.0 Å². The van der Waals surface area contributed by atoms with Crippen molar-refractivity contribution < 1.29 is 4.79 Å². The van der Waals surface area contributed by atoms with Gasteiger partial charge in [0.1, 0.15) is 0 Å². The summed E-state index contributed by atoms with van der Waals surface area (Å²) in [7, 11) is 0. The monoisotopic (exact) mass is 314 g/mol. The van der Waals surface area contributed by atoms with E-state index in [0.29, 0.717) is 5.91 Å². The number of amides is 1. The molecular weight excluding hydrogens is 284 g/mol. The molecule has 1 heterocycles. The number of hydrogen-bond acceptors (Lipinski definition) is 2. The second-order valence-corrected chi connectivity index (χ2v) is 6.31. The van der Waals surface area contributed by atoms with Crippen LogP contribution in [-0.2, 0) is 4.79 Å². The largest absolute Gasteiger partial charge is 0.340 e. The van der Waals surface area contributed by atoms with Gasteiger partial charge in [0.05, 0.1) is 0 Å². The van der Waals surface area contributed by atoms with Crippen molar-refractivity contribution in [1.29, 1.82) is 0 Å². The van der Waals surface area contributed by atoms with Gasteiger partial charge < -0.3 is 4.90 Å². The molecule has 126 valence electrons. The lowest BCUT2D eigenvalue weighted by molar-refractivity contribution is -0.133. The van der Waals surface area contributed by atoms with Crippen molar-refractivity contribution in [1.82, 2.24) is 9.80 Å². The predicted octanol–water partition coefficient (Wildman–Crippen LogP) is 3.81. The van der Waals surface area contributed by atoms with Crippen LogP contribution in [0.2, 0.25) is 0 Å². The lowest BCUT2D eigenvalue weighted by atomic mass is 10.1. The highest BCUT2D eigenvalue weighted by Crippen LogP contribution is 2.09. The van der Waals surface area contributed by atoms with Gasteiger partial charge in [-0.1, -0.05) is 68.7 Å². The van der Waals surface area contributed by atoms with E-state index in [-0.39, 0.29) is 0 Å². The second kappa shape index (κ2) is 10.2. The lowest BCUT2D eigenvalue weighted by Gasteiger charge is -2.34. The zero-order valence-electron chi connectivity index (χ0n) is 14.4. The fourth-order valence-electron chi connectivity index (χ4n) is 2.94. The number of nitrogens with zero attached hydrogens (tertiary/aromatic N) is 2. The Bertz CT molecular complexity index is 476. The predicted molar refractivity (Wildman–Crippen MR) is 97.3 cm³/mol. The molecule has 3 heteroatoms. The molecule has 1 amide bonds. The summed E-state index contributed by atoms with van der Waals surface area (Å²) in [6.45, 7) is 6.90. The van der Waals surface area contributed by atoms with Gasteiger partial charge in [-0.25, -0.2) is 0 Å². The van der Waals surface area contributed by atoms with Crippen molar-refractivity contribution in [3.63, 3.8) is 0 Å². The molecule has 0 aliphatic carbocycles. The highest BCUT2D eigenvalue weighted by atomic mass is 16.2. The molecule has 1 fully saturated rings. The Kier molecular flexibility index (Phi) is 7.88. The number of hydrogen-bond donors (Lipinski definition) is 0. The molecule has 0 radical (unpaired) electrons. The van der Waals surface area contributed by atoms with Gasteiger partial charge in [-0.15, -0.1) is 0 Å². The lowest BCUT2D eigenvalue weighted by Crippen LogP contribution is -2.48. The quantitative estimate of drug-likeness (QED) is 0.681. The normalized spacial score (nSPS) is 16.1. The number of carbonyl (C=O) groups is 1. The molecule has 1 aliphatic rings. The number of rotatable bonds is 8. The van der Waals surface area contributed by atoms with E-state index in [2.05, 4.69) is 48.2 Å². The molecule has 3 nitrogen and oxygen atoms in total. The van der Waals surface area contributed by atoms with Gasteiger partial charge in [-0.3, -0.25) is 9.69 Å². The topological polar surface area (TPSA) is 23.6 Å². The summed E-state index contributed by atoms with van der Waals surface area (Å²) in [4.78, 5) is 16.6. The summed E-state index contributed by atoms with van der Waals surface area (Å²) in [5, 5.41) is 0. The van der Waals surface area contributed by atoms with Crippen LogP contribution in [-0.4, -0.2) is 48.4 Å². The number of benzene rings is 1. The zero-order chi connectivity index (χ0) is 16.3. The van der Waals surface area contributed by atoms with E-state index in [4.69, 9.17) is 0 Å². The molecule has 0 atom stereocenters. The molecule has 1 aliphatic heterocycles. The second-order valence-electron chi connectivity index (χ2n) is 6.31. The van der Waals surface area contributed by atoms with Gasteiger partial charge in [0, 0.05) is 39.1 Å². The van der Waals surface area contributed by atoms with Crippen LogP contribution in [0.25, 0.3) is 6.08 Å². The molecule has 1 aromatic rings. The van der Waals surface area contributed by atoms with Gasteiger partial charge in [-0.05, 0) is 12.0 Å². The number of unbranched alkanes of at least 4 members (excludes halogenated alkanes) is 3. The highest BCUT2D eigenvalue weighted by molar-refractivity contribution is 5.76. The summed E-state index contributed by atoms with van der Waals surface area (Å²) in [5.41, 5.74) is 1.24. The fourth-order valence-corrected chi connectivity index (χ4v) is 2.94. The molecule has 0 saturated carbocycles. The summed E-state index contributed by atoms with van der Waals surface area (Å²) in [6.07, 6.45) is 9.83. The first-order chi connectivity index (χ1) is 11.3. The number of carbonyl (C=O) groups excluding carboxylic acids is 1. The standard InChI is InChI=1S/C20H30N2O/c1-2-3-4-8-13-20(23)22-17-15-21(16-18-22)14-9-12-19-10-6-5-7-11-19/h5-7,9-12H,2-4,8,13-18H2,1H3/b12-9+. The first kappa shape index (κ1) is 17.7. The smallest absolute Gasteiger partial charge is 0.222 e. The molecule has 23 heavy (non-hydrogen) atoms. The van der Waals surface area contributed by atoms with Gasteiger partial charge in [0.25, 0.3) is 0 Å². The average Bonchev–Trinajstić information content (AvgIpc) is 2.60. The summed E-state index contributed by atoms with van der Waals surface area (Å²) in [6, 6.07) is 10.4. The summed E-state index contributed by atoms with van der Waals surface area (Å²) < 4.78 is 0. The SMILES string of the molecule is CCCCCCC(=O)N1CCN(C/C=C/c2ccccc2)CC1. The van der Waals surface area contributed by atoms with Crippen molar-refractivity contribution in [2.45, 2.75) is 39.0 Å². The Morgan fingerprint density at radius 1 is 1.04 bits per heavy atom. The minimum atomic E-state index is 0.348. The molecule has 1 aromatic carbocycles. The summed E-state index contributed by atoms with van der Waals surface area (Å²) >= 11 is 0. The van der Waals surface area contributed by atoms with Crippen LogP contribution in [0.4, 0.5) is 0 Å². The molecule has 0 unspecified atom stereocenters. The van der Waals surface area contributed by atoms with Crippen LogP contribution in [0.5, 0.6) is 0 Å². The minimum Gasteiger partial charge on any atom is -0.340 e. The van der Waals surface area contributed by atoms with Gasteiger partial charge in [0.2, 0.25) is 5.91 Å². The average molecular weight is 314 g/mol. The molecule has 2 rings (SSSR count). The van der Waals surface area contributed by atoms with Crippen LogP contribution in [0.15, 0.2) is 36.4 Å². The summed E-state index contributed by atoms with van der Waals surface area (Å²) in [5.74, 6) is 0.348. The maximum Gasteiger partial charge on any atom is 0.222 e. The third kappa shape index (κ3) is 6.57. The molecule has 0 bridgehead atoms. The maximum absolute atomic E-state index is 12.2. The van der Waals surface area contributed by atoms with Crippen LogP contribution >= 0.6 is 0 Å². The Labute approximate surface area is 141 Å². The number of piperazine rings is 1. The van der Waals surface area contributed by atoms with E-state index >= 15 is 0 Å². The third-order valence-electron chi connectivity index (χ3n) is 4.44. The Balaban J connectivity index is 1.63. The van der Waals surface area contributed by atoms with Crippen LogP contribution < -0.4 is 0 Å². The molecule has 0 spiro atoms. The first-order valence-corrected chi connectivity index (χ1v) is 9.01. The molecule has 1 saturated heterocycles. The van der Waals surface area contributed by atoms with Crippen molar-refractivity contribution in [2.24, 2.45) is 0 Å². The molecule has 0 N–H and O–H groups in total. The first-order valence-electron chi connectivity index (χ1n) is 9.01. The van der Waals surface area contributed by atoms with Crippen molar-refractivity contribution in [3.8, 4) is 0 Å². The Morgan fingerprint density at radius 3 is 2.48 bits per heavy atom. The van der Waals surface area contributed by atoms with Crippen molar-refractivity contribution in [2.75, 3.05) is 32.7 Å². The van der Waals surface area contributed by atoms with E-state index in [0.717, 1.165) is 45.6 Å². The Morgan fingerprint density at radius 2 is 1.78 bits per heavy atom.